The van der Waals surface area contributed by atoms with Crippen LogP contribution in [0.1, 0.15) is 31.5 Å². The third kappa shape index (κ3) is 2.82. The average Bonchev–Trinajstić information content (AvgIpc) is 3.08. The highest BCUT2D eigenvalue weighted by Gasteiger charge is 2.37. The van der Waals surface area contributed by atoms with Gasteiger partial charge in [-0.05, 0) is 43.0 Å². The van der Waals surface area contributed by atoms with E-state index in [1.54, 1.807) is 6.07 Å². The molecule has 3 nitrogen and oxygen atoms in total. The fourth-order valence-electron chi connectivity index (χ4n) is 3.18. The van der Waals surface area contributed by atoms with Crippen LogP contribution in [0.15, 0.2) is 24.4 Å². The van der Waals surface area contributed by atoms with Crippen molar-refractivity contribution < 1.29 is 13.2 Å². The van der Waals surface area contributed by atoms with E-state index in [9.17, 15) is 13.2 Å². The van der Waals surface area contributed by atoms with Crippen LogP contribution >= 0.6 is 0 Å². The molecular weight excluding hydrogens is 303 g/mol. The topological polar surface area (TPSA) is 21.1 Å². The Morgan fingerprint density at radius 1 is 1.30 bits per heavy atom. The second-order valence-corrected chi connectivity index (χ2v) is 6.11. The van der Waals surface area contributed by atoms with Gasteiger partial charge in [-0.3, -0.25) is 4.68 Å². The molecule has 23 heavy (non-hydrogen) atoms. The molecule has 0 saturated heterocycles. The van der Waals surface area contributed by atoms with Crippen LogP contribution in [-0.4, -0.2) is 22.4 Å². The van der Waals surface area contributed by atoms with E-state index in [2.05, 4.69) is 23.8 Å². The van der Waals surface area contributed by atoms with E-state index in [-0.39, 0.29) is 5.56 Å². The minimum absolute atomic E-state index is 0.143. The van der Waals surface area contributed by atoms with Gasteiger partial charge in [-0.15, -0.1) is 0 Å². The van der Waals surface area contributed by atoms with Crippen molar-refractivity contribution >= 4 is 5.69 Å². The lowest BCUT2D eigenvalue weighted by molar-refractivity contribution is -0.140. The van der Waals surface area contributed by atoms with Crippen molar-refractivity contribution in [1.29, 1.82) is 0 Å². The van der Waals surface area contributed by atoms with Gasteiger partial charge in [0.05, 0.1) is 0 Å². The number of fused-ring (bicyclic) bond motifs is 1. The number of benzene rings is 1. The lowest BCUT2D eigenvalue weighted by Gasteiger charge is -2.26. The van der Waals surface area contributed by atoms with Crippen molar-refractivity contribution in [2.75, 3.05) is 11.4 Å². The zero-order valence-corrected chi connectivity index (χ0v) is 13.5. The monoisotopic (exact) mass is 323 g/mol. The number of alkyl halides is 3. The van der Waals surface area contributed by atoms with Gasteiger partial charge in [0.25, 0.3) is 0 Å². The number of anilines is 1. The lowest BCUT2D eigenvalue weighted by atomic mass is 10.0. The summed E-state index contributed by atoms with van der Waals surface area (Å²) in [4.78, 5) is 2.33. The molecule has 0 saturated carbocycles. The summed E-state index contributed by atoms with van der Waals surface area (Å²) in [6.07, 6.45) is -1.10. The summed E-state index contributed by atoms with van der Waals surface area (Å²) in [5, 5.41) is 3.59. The van der Waals surface area contributed by atoms with Gasteiger partial charge in [0.15, 0.2) is 5.69 Å². The van der Waals surface area contributed by atoms with Crippen LogP contribution in [0.3, 0.4) is 0 Å². The third-order valence-electron chi connectivity index (χ3n) is 4.54. The molecule has 1 aliphatic rings. The fraction of sp³-hybridized carbons (Fsp3) is 0.471. The van der Waals surface area contributed by atoms with Crippen LogP contribution in [0.25, 0.3) is 11.1 Å². The molecule has 1 atom stereocenters. The van der Waals surface area contributed by atoms with Crippen molar-refractivity contribution in [1.82, 2.24) is 9.78 Å². The van der Waals surface area contributed by atoms with Crippen LogP contribution in [0.5, 0.6) is 0 Å². The van der Waals surface area contributed by atoms with Gasteiger partial charge in [0, 0.05) is 37.1 Å². The van der Waals surface area contributed by atoms with Crippen LogP contribution < -0.4 is 4.90 Å². The quantitative estimate of drug-likeness (QED) is 0.841. The predicted molar refractivity (Wildman–Crippen MR) is 84.4 cm³/mol. The minimum atomic E-state index is -4.45. The molecule has 0 amide bonds. The number of nitrogens with zero attached hydrogens (tertiary/aromatic N) is 3. The van der Waals surface area contributed by atoms with E-state index in [1.165, 1.54) is 17.9 Å². The molecule has 2 heterocycles. The fourth-order valence-corrected chi connectivity index (χ4v) is 3.18. The predicted octanol–water partition coefficient (Wildman–Crippen LogP) is 4.27. The molecule has 1 aliphatic heterocycles. The first-order valence-corrected chi connectivity index (χ1v) is 7.82. The first kappa shape index (κ1) is 15.9. The standard InChI is InChI=1S/C17H20F3N3/c1-4-11(2)23-8-7-13-9-12(5-6-15(13)23)14-10-22(3)21-16(14)17(18,19)20/h5-6,9-11H,4,7-8H2,1-3H3. The smallest absolute Gasteiger partial charge is 0.368 e. The van der Waals surface area contributed by atoms with Gasteiger partial charge < -0.3 is 4.90 Å². The molecule has 6 heteroatoms. The molecule has 2 aromatic rings. The molecular formula is C17H20F3N3. The van der Waals surface area contributed by atoms with Crippen molar-refractivity contribution in [3.63, 3.8) is 0 Å². The van der Waals surface area contributed by atoms with Gasteiger partial charge >= 0.3 is 6.18 Å². The van der Waals surface area contributed by atoms with E-state index in [0.29, 0.717) is 11.6 Å². The highest BCUT2D eigenvalue weighted by atomic mass is 19.4. The summed E-state index contributed by atoms with van der Waals surface area (Å²) in [5.41, 5.74) is 2.15. The van der Waals surface area contributed by atoms with Gasteiger partial charge in [0.1, 0.15) is 0 Å². The number of aryl methyl sites for hydroxylation is 1. The van der Waals surface area contributed by atoms with Gasteiger partial charge in [0.2, 0.25) is 0 Å². The van der Waals surface area contributed by atoms with Crippen molar-refractivity contribution in [3.8, 4) is 11.1 Å². The van der Waals surface area contributed by atoms with Crippen molar-refractivity contribution in [3.05, 3.63) is 35.7 Å². The number of aromatic nitrogens is 2. The minimum Gasteiger partial charge on any atom is -0.368 e. The highest BCUT2D eigenvalue weighted by Crippen LogP contribution is 2.39. The summed E-state index contributed by atoms with van der Waals surface area (Å²) in [5.74, 6) is 0. The lowest BCUT2D eigenvalue weighted by Crippen LogP contribution is -2.30. The average molecular weight is 323 g/mol. The van der Waals surface area contributed by atoms with E-state index >= 15 is 0 Å². The highest BCUT2D eigenvalue weighted by molar-refractivity contribution is 5.72. The summed E-state index contributed by atoms with van der Waals surface area (Å²) >= 11 is 0. The zero-order chi connectivity index (χ0) is 16.8. The van der Waals surface area contributed by atoms with E-state index < -0.39 is 11.9 Å². The Bertz CT molecular complexity index is 718. The largest absolute Gasteiger partial charge is 0.435 e. The Kier molecular flexibility index (Phi) is 3.86. The molecule has 1 aromatic carbocycles. The van der Waals surface area contributed by atoms with Crippen molar-refractivity contribution in [2.24, 2.45) is 7.05 Å². The number of rotatable bonds is 3. The Morgan fingerprint density at radius 3 is 2.70 bits per heavy atom. The maximum atomic E-state index is 13.2. The van der Waals surface area contributed by atoms with Crippen LogP contribution in [-0.2, 0) is 19.6 Å². The SMILES string of the molecule is CCC(C)N1CCc2cc(-c3cn(C)nc3C(F)(F)F)ccc21. The molecule has 1 unspecified atom stereocenters. The molecule has 0 spiro atoms. The Morgan fingerprint density at radius 2 is 2.04 bits per heavy atom. The van der Waals surface area contributed by atoms with Gasteiger partial charge in [-0.25, -0.2) is 0 Å². The molecule has 1 aromatic heterocycles. The Balaban J connectivity index is 2.02. The Hall–Kier alpha value is -1.98. The van der Waals surface area contributed by atoms with Crippen LogP contribution in [0, 0.1) is 0 Å². The molecule has 0 fully saturated rings. The van der Waals surface area contributed by atoms with Crippen LogP contribution in [0.2, 0.25) is 0 Å². The maximum Gasteiger partial charge on any atom is 0.435 e. The molecule has 124 valence electrons. The normalized spacial score (nSPS) is 15.8. The molecule has 3 rings (SSSR count). The molecule has 0 aliphatic carbocycles. The van der Waals surface area contributed by atoms with Gasteiger partial charge in [-0.1, -0.05) is 13.0 Å². The molecule has 0 bridgehead atoms. The van der Waals surface area contributed by atoms with Gasteiger partial charge in [-0.2, -0.15) is 18.3 Å². The number of hydrogen-bond donors (Lipinski definition) is 0. The second kappa shape index (κ2) is 5.58. The second-order valence-electron chi connectivity index (χ2n) is 6.11. The molecule has 0 radical (unpaired) electrons. The maximum absolute atomic E-state index is 13.2. The Labute approximate surface area is 133 Å². The first-order valence-electron chi connectivity index (χ1n) is 7.82. The van der Waals surface area contributed by atoms with Crippen LogP contribution in [0.4, 0.5) is 18.9 Å². The van der Waals surface area contributed by atoms with E-state index in [1.807, 2.05) is 12.1 Å². The third-order valence-corrected chi connectivity index (χ3v) is 4.54. The molecule has 0 N–H and O–H groups in total. The van der Waals surface area contributed by atoms with E-state index in [0.717, 1.165) is 30.6 Å². The zero-order valence-electron chi connectivity index (χ0n) is 13.5. The summed E-state index contributed by atoms with van der Waals surface area (Å²) in [6, 6.07) is 6.03. The summed E-state index contributed by atoms with van der Waals surface area (Å²) in [7, 11) is 1.51. The summed E-state index contributed by atoms with van der Waals surface area (Å²) in [6.45, 7) is 5.24. The van der Waals surface area contributed by atoms with Crippen molar-refractivity contribution in [2.45, 2.75) is 38.9 Å². The number of halogens is 3. The first-order chi connectivity index (χ1) is 10.8. The number of hydrogen-bond acceptors (Lipinski definition) is 2. The van der Waals surface area contributed by atoms with E-state index in [4.69, 9.17) is 0 Å². The summed E-state index contributed by atoms with van der Waals surface area (Å²) < 4.78 is 40.7.